The first-order chi connectivity index (χ1) is 13.3. The second kappa shape index (κ2) is 9.77. The second-order valence-corrected chi connectivity index (χ2v) is 7.68. The number of nitriles is 1. The van der Waals surface area contributed by atoms with Crippen LogP contribution in [0.3, 0.4) is 0 Å². The predicted molar refractivity (Wildman–Crippen MR) is 116 cm³/mol. The van der Waals surface area contributed by atoms with Gasteiger partial charge in [0, 0.05) is 11.3 Å². The number of thioether (sulfide) groups is 2. The van der Waals surface area contributed by atoms with Gasteiger partial charge in [0.05, 0.1) is 0 Å². The molecule has 0 fully saturated rings. The van der Waals surface area contributed by atoms with Crippen molar-refractivity contribution in [1.82, 2.24) is 0 Å². The van der Waals surface area contributed by atoms with Crippen molar-refractivity contribution < 1.29 is 4.79 Å². The van der Waals surface area contributed by atoms with Crippen LogP contribution in [0.25, 0.3) is 10.8 Å². The molecule has 27 heavy (non-hydrogen) atoms. The first-order valence-electron chi connectivity index (χ1n) is 8.27. The zero-order valence-electron chi connectivity index (χ0n) is 14.4. The van der Waals surface area contributed by atoms with Crippen LogP contribution in [-0.2, 0) is 5.75 Å². The zero-order chi connectivity index (χ0) is 18.9. The number of allylic oxidation sites excluding steroid dienone is 1. The van der Waals surface area contributed by atoms with Crippen LogP contribution in [0, 0.1) is 11.5 Å². The molecule has 0 atom stereocenters. The van der Waals surface area contributed by atoms with E-state index in [1.54, 1.807) is 5.41 Å². The summed E-state index contributed by atoms with van der Waals surface area (Å²) in [6.45, 7) is 0. The molecule has 3 rings (SSSR count). The summed E-state index contributed by atoms with van der Waals surface area (Å²) < 4.78 is 0.614. The average Bonchev–Trinajstić information content (AvgIpc) is 2.72. The third-order valence-electron chi connectivity index (χ3n) is 3.79. The number of benzene rings is 3. The number of nitrogens with zero attached hydrogens (tertiary/aromatic N) is 2. The topological polar surface area (TPSA) is 53.2 Å². The van der Waals surface area contributed by atoms with Crippen LogP contribution in [-0.4, -0.2) is 10.2 Å². The number of hydrogen-bond donors (Lipinski definition) is 0. The van der Waals surface area contributed by atoms with Crippen molar-refractivity contribution in [3.63, 3.8) is 0 Å². The molecule has 0 heterocycles. The van der Waals surface area contributed by atoms with E-state index in [9.17, 15) is 4.79 Å². The van der Waals surface area contributed by atoms with Gasteiger partial charge < -0.3 is 0 Å². The summed E-state index contributed by atoms with van der Waals surface area (Å²) in [5, 5.41) is 12.5. The fourth-order valence-electron chi connectivity index (χ4n) is 2.54. The van der Waals surface area contributed by atoms with Crippen molar-refractivity contribution in [3.8, 4) is 6.19 Å². The Bertz CT molecular complexity index is 1030. The van der Waals surface area contributed by atoms with Crippen molar-refractivity contribution in [3.05, 3.63) is 95.4 Å². The molecule has 0 amide bonds. The number of carbonyl (C=O) groups is 1. The van der Waals surface area contributed by atoms with Gasteiger partial charge in [-0.1, -0.05) is 96.3 Å². The molecule has 132 valence electrons. The molecule has 5 heteroatoms. The Kier molecular flexibility index (Phi) is 6.86. The maximum atomic E-state index is 12.6. The molecule has 3 aromatic rings. The molecule has 0 aliphatic rings. The minimum atomic E-state index is -0.0660. The van der Waals surface area contributed by atoms with Crippen molar-refractivity contribution in [2.24, 2.45) is 4.99 Å². The molecule has 3 aromatic carbocycles. The third-order valence-corrected chi connectivity index (χ3v) is 5.81. The number of carbonyl (C=O) groups excluding carboxylic acids is 1. The molecule has 0 saturated heterocycles. The van der Waals surface area contributed by atoms with Crippen molar-refractivity contribution in [2.75, 3.05) is 0 Å². The van der Waals surface area contributed by atoms with Gasteiger partial charge in [-0.15, -0.1) is 0 Å². The molecule has 0 unspecified atom stereocenters. The van der Waals surface area contributed by atoms with Crippen LogP contribution >= 0.6 is 23.5 Å². The molecule has 3 nitrogen and oxygen atoms in total. The lowest BCUT2D eigenvalue weighted by Gasteiger charge is -2.03. The van der Waals surface area contributed by atoms with Gasteiger partial charge in [-0.2, -0.15) is 10.3 Å². The molecule has 0 aliphatic carbocycles. The van der Waals surface area contributed by atoms with Gasteiger partial charge in [0.25, 0.3) is 0 Å². The van der Waals surface area contributed by atoms with Gasteiger partial charge in [-0.05, 0) is 27.8 Å². The Hall–Kier alpha value is -2.81. The van der Waals surface area contributed by atoms with Gasteiger partial charge in [-0.3, -0.25) is 4.79 Å². The molecule has 0 N–H and O–H groups in total. The van der Waals surface area contributed by atoms with E-state index < -0.39 is 0 Å². The van der Waals surface area contributed by atoms with Crippen LogP contribution in [0.5, 0.6) is 0 Å². The molecule has 0 spiro atoms. The minimum Gasteiger partial charge on any atom is -0.289 e. The summed E-state index contributed by atoms with van der Waals surface area (Å²) in [5.74, 6) is 0.656. The van der Waals surface area contributed by atoms with Gasteiger partial charge in [0.15, 0.2) is 5.78 Å². The molecule has 0 saturated carbocycles. The summed E-state index contributed by atoms with van der Waals surface area (Å²) in [4.78, 5) is 16.4. The van der Waals surface area contributed by atoms with Crippen LogP contribution in [0.2, 0.25) is 0 Å². The van der Waals surface area contributed by atoms with Gasteiger partial charge in [-0.25, -0.2) is 0 Å². The Morgan fingerprint density at radius 2 is 1.74 bits per heavy atom. The number of hydrogen-bond acceptors (Lipinski definition) is 5. The van der Waals surface area contributed by atoms with E-state index in [0.29, 0.717) is 9.94 Å². The van der Waals surface area contributed by atoms with Crippen LogP contribution < -0.4 is 0 Å². The van der Waals surface area contributed by atoms with Gasteiger partial charge >= 0.3 is 0 Å². The first kappa shape index (κ1) is 19.0. The smallest absolute Gasteiger partial charge is 0.207 e. The highest BCUT2D eigenvalue weighted by Crippen LogP contribution is 2.24. The van der Waals surface area contributed by atoms with E-state index >= 15 is 0 Å². The lowest BCUT2D eigenvalue weighted by molar-refractivity contribution is 0.104. The van der Waals surface area contributed by atoms with E-state index in [2.05, 4.69) is 4.99 Å². The highest BCUT2D eigenvalue weighted by Gasteiger charge is 2.07. The fourth-order valence-corrected chi connectivity index (χ4v) is 4.14. The minimum absolute atomic E-state index is 0.0660. The molecule has 0 aromatic heterocycles. The monoisotopic (exact) mass is 388 g/mol. The maximum absolute atomic E-state index is 12.6. The Morgan fingerprint density at radius 3 is 2.56 bits per heavy atom. The predicted octanol–water partition coefficient (Wildman–Crippen LogP) is 6.04. The van der Waals surface area contributed by atoms with E-state index in [0.717, 1.165) is 22.1 Å². The van der Waals surface area contributed by atoms with E-state index in [1.807, 2.05) is 79.0 Å². The summed E-state index contributed by atoms with van der Waals surface area (Å²) in [5.41, 5.74) is 1.82. The first-order valence-corrected chi connectivity index (χ1v) is 10.1. The van der Waals surface area contributed by atoms with Gasteiger partial charge in [0.1, 0.15) is 4.38 Å². The Labute approximate surface area is 166 Å². The average molecular weight is 389 g/mol. The molecule has 0 aliphatic heterocycles. The molecular weight excluding hydrogens is 372 g/mol. The zero-order valence-corrected chi connectivity index (χ0v) is 16.0. The van der Waals surface area contributed by atoms with E-state index in [1.165, 1.54) is 29.6 Å². The normalized spacial score (nSPS) is 11.6. The standard InChI is InChI=1S/C22H16N2OS2/c23-16-24-22(27-15-17-7-2-1-3-8-17)26-14-13-21(25)20-12-6-10-18-9-4-5-11-19(18)20/h1-14H,15H2. The Morgan fingerprint density at radius 1 is 1.00 bits per heavy atom. The van der Waals surface area contributed by atoms with Crippen molar-refractivity contribution in [2.45, 2.75) is 5.75 Å². The summed E-state index contributed by atoms with van der Waals surface area (Å²) in [6, 6.07) is 23.5. The summed E-state index contributed by atoms with van der Waals surface area (Å²) >= 11 is 2.76. The largest absolute Gasteiger partial charge is 0.289 e. The SMILES string of the molecule is N#CN=C(SC=CC(=O)c1cccc2ccccc12)SCc1ccccc1. The number of ketones is 1. The second-order valence-electron chi connectivity index (χ2n) is 5.56. The molecule has 0 radical (unpaired) electrons. The van der Waals surface area contributed by atoms with Crippen molar-refractivity contribution >= 4 is 44.5 Å². The number of rotatable bonds is 5. The summed E-state index contributed by atoms with van der Waals surface area (Å²) in [7, 11) is 0. The van der Waals surface area contributed by atoms with Crippen molar-refractivity contribution in [1.29, 1.82) is 5.26 Å². The summed E-state index contributed by atoms with van der Waals surface area (Å²) in [6.07, 6.45) is 3.36. The van der Waals surface area contributed by atoms with E-state index in [4.69, 9.17) is 5.26 Å². The highest BCUT2D eigenvalue weighted by atomic mass is 32.2. The fraction of sp³-hybridized carbons (Fsp3) is 0.0455. The third kappa shape index (κ3) is 5.33. The Balaban J connectivity index is 1.66. The van der Waals surface area contributed by atoms with E-state index in [-0.39, 0.29) is 5.78 Å². The molecular formula is C22H16N2OS2. The lowest BCUT2D eigenvalue weighted by atomic mass is 10.0. The maximum Gasteiger partial charge on any atom is 0.207 e. The number of aliphatic imine (C=N–C) groups is 1. The van der Waals surface area contributed by atoms with Gasteiger partial charge in [0.2, 0.25) is 6.19 Å². The lowest BCUT2D eigenvalue weighted by Crippen LogP contribution is -1.95. The quantitative estimate of drug-likeness (QED) is 0.176. The highest BCUT2D eigenvalue weighted by molar-refractivity contribution is 8.39. The number of fused-ring (bicyclic) bond motifs is 1. The van der Waals surface area contributed by atoms with Crippen LogP contribution in [0.15, 0.2) is 89.3 Å². The molecule has 0 bridgehead atoms. The van der Waals surface area contributed by atoms with Crippen LogP contribution in [0.4, 0.5) is 0 Å². The van der Waals surface area contributed by atoms with Crippen LogP contribution in [0.1, 0.15) is 15.9 Å².